The summed E-state index contributed by atoms with van der Waals surface area (Å²) < 4.78 is 10.7. The van der Waals surface area contributed by atoms with E-state index in [-0.39, 0.29) is 11.9 Å². The molecule has 0 amide bonds. The van der Waals surface area contributed by atoms with E-state index in [0.717, 1.165) is 17.7 Å². The molecule has 90 valence electrons. The zero-order chi connectivity index (χ0) is 12.3. The van der Waals surface area contributed by atoms with Gasteiger partial charge in [-0.05, 0) is 24.6 Å². The lowest BCUT2D eigenvalue weighted by molar-refractivity contribution is -0.118. The molecule has 0 bridgehead atoms. The van der Waals surface area contributed by atoms with E-state index in [0.29, 0.717) is 12.2 Å². The van der Waals surface area contributed by atoms with Crippen LogP contribution >= 0.6 is 0 Å². The van der Waals surface area contributed by atoms with E-state index < -0.39 is 0 Å². The summed E-state index contributed by atoms with van der Waals surface area (Å²) in [5.41, 5.74) is 1.15. The summed E-state index contributed by atoms with van der Waals surface area (Å²) in [6.45, 7) is 1.82. The molecule has 2 rings (SSSR count). The van der Waals surface area contributed by atoms with Gasteiger partial charge in [-0.3, -0.25) is 4.79 Å². The predicted molar refractivity (Wildman–Crippen MR) is 65.0 cm³/mol. The quantitative estimate of drug-likeness (QED) is 0.803. The first-order valence-electron chi connectivity index (χ1n) is 5.68. The number of methoxy groups -OCH3 is 1. The van der Waals surface area contributed by atoms with Crippen LogP contribution in [0.4, 0.5) is 0 Å². The highest BCUT2D eigenvalue weighted by atomic mass is 16.5. The molecular weight excluding hydrogens is 216 g/mol. The Labute approximate surface area is 101 Å². The molecule has 1 aliphatic heterocycles. The fraction of sp³-hybridized carbons (Fsp3) is 0.357. The first-order valence-corrected chi connectivity index (χ1v) is 5.68. The SMILES string of the molecule is COc1ccc(C[C@@H]2CC(=O)C=C(C)O2)cc1. The van der Waals surface area contributed by atoms with Crippen LogP contribution in [0.15, 0.2) is 36.1 Å². The summed E-state index contributed by atoms with van der Waals surface area (Å²) in [4.78, 5) is 11.4. The van der Waals surface area contributed by atoms with Gasteiger partial charge < -0.3 is 9.47 Å². The number of hydrogen-bond acceptors (Lipinski definition) is 3. The van der Waals surface area contributed by atoms with Gasteiger partial charge in [0.2, 0.25) is 0 Å². The summed E-state index contributed by atoms with van der Waals surface area (Å²) in [5.74, 6) is 1.69. The Morgan fingerprint density at radius 3 is 2.65 bits per heavy atom. The smallest absolute Gasteiger partial charge is 0.162 e. The normalized spacial score (nSPS) is 19.5. The molecule has 1 heterocycles. The van der Waals surface area contributed by atoms with Crippen molar-refractivity contribution >= 4 is 5.78 Å². The van der Waals surface area contributed by atoms with Gasteiger partial charge in [0.1, 0.15) is 11.9 Å². The number of carbonyl (C=O) groups excluding carboxylic acids is 1. The molecule has 0 aromatic heterocycles. The zero-order valence-corrected chi connectivity index (χ0v) is 10.1. The van der Waals surface area contributed by atoms with Crippen molar-refractivity contribution in [1.82, 2.24) is 0 Å². The van der Waals surface area contributed by atoms with Gasteiger partial charge in [-0.15, -0.1) is 0 Å². The second-order valence-electron chi connectivity index (χ2n) is 4.22. The molecule has 0 aliphatic carbocycles. The summed E-state index contributed by atoms with van der Waals surface area (Å²) in [6.07, 6.45) is 2.73. The third-order valence-corrected chi connectivity index (χ3v) is 2.77. The predicted octanol–water partition coefficient (Wildman–Crippen LogP) is 2.50. The van der Waals surface area contributed by atoms with Crippen molar-refractivity contribution in [3.05, 3.63) is 41.7 Å². The molecule has 0 N–H and O–H groups in total. The van der Waals surface area contributed by atoms with Crippen molar-refractivity contribution in [2.75, 3.05) is 7.11 Å². The second kappa shape index (κ2) is 5.04. The number of benzene rings is 1. The topological polar surface area (TPSA) is 35.5 Å². The first kappa shape index (κ1) is 11.7. The zero-order valence-electron chi connectivity index (χ0n) is 10.1. The van der Waals surface area contributed by atoms with Crippen molar-refractivity contribution < 1.29 is 14.3 Å². The molecule has 0 radical (unpaired) electrons. The molecule has 1 atom stereocenters. The highest BCUT2D eigenvalue weighted by Gasteiger charge is 2.19. The standard InChI is InChI=1S/C14H16O3/c1-10-7-12(15)9-14(17-10)8-11-3-5-13(16-2)6-4-11/h3-7,14H,8-9H2,1-2H3/t14-/m1/s1. The Morgan fingerprint density at radius 1 is 1.35 bits per heavy atom. The van der Waals surface area contributed by atoms with E-state index in [4.69, 9.17) is 9.47 Å². The second-order valence-corrected chi connectivity index (χ2v) is 4.22. The third-order valence-electron chi connectivity index (χ3n) is 2.77. The average Bonchev–Trinajstić information content (AvgIpc) is 2.28. The van der Waals surface area contributed by atoms with Crippen LogP contribution < -0.4 is 4.74 Å². The van der Waals surface area contributed by atoms with Gasteiger partial charge in [-0.1, -0.05) is 12.1 Å². The Balaban J connectivity index is 2.01. The highest BCUT2D eigenvalue weighted by Crippen LogP contribution is 2.19. The van der Waals surface area contributed by atoms with Crippen LogP contribution in [-0.4, -0.2) is 19.0 Å². The summed E-state index contributed by atoms with van der Waals surface area (Å²) >= 11 is 0. The van der Waals surface area contributed by atoms with Crippen LogP contribution in [0.1, 0.15) is 18.9 Å². The minimum Gasteiger partial charge on any atom is -0.497 e. The molecule has 1 aromatic carbocycles. The first-order chi connectivity index (χ1) is 8.17. The van der Waals surface area contributed by atoms with Gasteiger partial charge >= 0.3 is 0 Å². The number of hydrogen-bond donors (Lipinski definition) is 0. The molecule has 0 spiro atoms. The van der Waals surface area contributed by atoms with Crippen LogP contribution in [0, 0.1) is 0 Å². The molecule has 17 heavy (non-hydrogen) atoms. The Bertz CT molecular complexity index is 431. The molecule has 1 aliphatic rings. The van der Waals surface area contributed by atoms with Crippen molar-refractivity contribution in [2.45, 2.75) is 25.9 Å². The lowest BCUT2D eigenvalue weighted by Crippen LogP contribution is -2.23. The van der Waals surface area contributed by atoms with Gasteiger partial charge in [-0.2, -0.15) is 0 Å². The maximum Gasteiger partial charge on any atom is 0.162 e. The fourth-order valence-corrected chi connectivity index (χ4v) is 1.99. The van der Waals surface area contributed by atoms with E-state index in [9.17, 15) is 4.79 Å². The van der Waals surface area contributed by atoms with Gasteiger partial charge in [-0.25, -0.2) is 0 Å². The summed E-state index contributed by atoms with van der Waals surface area (Å²) in [5, 5.41) is 0. The van der Waals surface area contributed by atoms with Gasteiger partial charge in [0.15, 0.2) is 5.78 Å². The number of ketones is 1. The number of allylic oxidation sites excluding steroid dienone is 2. The molecule has 0 fully saturated rings. The fourth-order valence-electron chi connectivity index (χ4n) is 1.99. The molecule has 3 heteroatoms. The molecule has 0 unspecified atom stereocenters. The van der Waals surface area contributed by atoms with Crippen molar-refractivity contribution in [2.24, 2.45) is 0 Å². The Kier molecular flexibility index (Phi) is 3.47. The largest absolute Gasteiger partial charge is 0.497 e. The van der Waals surface area contributed by atoms with E-state index in [1.54, 1.807) is 13.2 Å². The van der Waals surface area contributed by atoms with Crippen molar-refractivity contribution in [1.29, 1.82) is 0 Å². The van der Waals surface area contributed by atoms with E-state index in [2.05, 4.69) is 0 Å². The highest BCUT2D eigenvalue weighted by molar-refractivity contribution is 5.91. The summed E-state index contributed by atoms with van der Waals surface area (Å²) in [6, 6.07) is 7.84. The van der Waals surface area contributed by atoms with Crippen molar-refractivity contribution in [3.8, 4) is 5.75 Å². The molecule has 3 nitrogen and oxygen atoms in total. The van der Waals surface area contributed by atoms with E-state index in [1.807, 2.05) is 31.2 Å². The number of ether oxygens (including phenoxy) is 2. The minimum atomic E-state index is -0.0408. The Morgan fingerprint density at radius 2 is 2.06 bits per heavy atom. The number of carbonyl (C=O) groups is 1. The monoisotopic (exact) mass is 232 g/mol. The maximum absolute atomic E-state index is 11.4. The third kappa shape index (κ3) is 3.09. The lowest BCUT2D eigenvalue weighted by Gasteiger charge is -2.22. The minimum absolute atomic E-state index is 0.0408. The molecule has 1 aromatic rings. The van der Waals surface area contributed by atoms with Gasteiger partial charge in [0.25, 0.3) is 0 Å². The van der Waals surface area contributed by atoms with Gasteiger partial charge in [0, 0.05) is 18.9 Å². The van der Waals surface area contributed by atoms with Crippen LogP contribution in [0.3, 0.4) is 0 Å². The van der Waals surface area contributed by atoms with Crippen molar-refractivity contribution in [3.63, 3.8) is 0 Å². The number of rotatable bonds is 3. The van der Waals surface area contributed by atoms with Crippen LogP contribution in [0.25, 0.3) is 0 Å². The molecule has 0 saturated heterocycles. The average molecular weight is 232 g/mol. The van der Waals surface area contributed by atoms with Gasteiger partial charge in [0.05, 0.1) is 12.9 Å². The van der Waals surface area contributed by atoms with Crippen LogP contribution in [0.2, 0.25) is 0 Å². The molecule has 0 saturated carbocycles. The molecular formula is C14H16O3. The van der Waals surface area contributed by atoms with Crippen LogP contribution in [0.5, 0.6) is 5.75 Å². The maximum atomic E-state index is 11.4. The lowest BCUT2D eigenvalue weighted by atomic mass is 10.0. The van der Waals surface area contributed by atoms with E-state index >= 15 is 0 Å². The Hall–Kier alpha value is -1.77. The van der Waals surface area contributed by atoms with Crippen LogP contribution in [-0.2, 0) is 16.0 Å². The van der Waals surface area contributed by atoms with E-state index in [1.165, 1.54) is 0 Å². The summed E-state index contributed by atoms with van der Waals surface area (Å²) in [7, 11) is 1.64.